The van der Waals surface area contributed by atoms with E-state index in [4.69, 9.17) is 4.74 Å². The normalized spacial score (nSPS) is 13.1. The zero-order valence-electron chi connectivity index (χ0n) is 16.2. The average molecular weight is 401 g/mol. The molecular weight excluding hydrogens is 378 g/mol. The van der Waals surface area contributed by atoms with Gasteiger partial charge in [-0.05, 0) is 55.0 Å². The number of nitrogens with zero attached hydrogens (tertiary/aromatic N) is 6. The van der Waals surface area contributed by atoms with Crippen molar-refractivity contribution in [2.45, 2.75) is 43.6 Å². The molecule has 0 fully saturated rings. The van der Waals surface area contributed by atoms with Gasteiger partial charge in [0, 0.05) is 6.07 Å². The van der Waals surface area contributed by atoms with Gasteiger partial charge in [0.25, 0.3) is 0 Å². The maximum absolute atomic E-state index is 12.7. The van der Waals surface area contributed by atoms with Crippen LogP contribution in [0, 0.1) is 0 Å². The van der Waals surface area contributed by atoms with Crippen LogP contribution >= 0.6 is 11.8 Å². The molecule has 148 valence electrons. The van der Waals surface area contributed by atoms with Gasteiger partial charge in [-0.1, -0.05) is 18.7 Å². The summed E-state index contributed by atoms with van der Waals surface area (Å²) in [6.07, 6.45) is 2.61. The van der Waals surface area contributed by atoms with Crippen LogP contribution in [-0.2, 0) is 4.79 Å². The first-order valence-electron chi connectivity index (χ1n) is 8.97. The summed E-state index contributed by atoms with van der Waals surface area (Å²) in [5, 5.41) is 19.2. The standard InChI is InChI=1S/C18H23N7O2S/c1-5-12(2)24-16(10-11-19-24)20-17(26)13(3)28-18-21-22-23-25(18)14-6-8-15(27-4)9-7-14/h6-13H,5H2,1-4H3,(H,20,26)/t12-,13-/m0/s1. The molecule has 0 unspecified atom stereocenters. The highest BCUT2D eigenvalue weighted by Crippen LogP contribution is 2.25. The second-order valence-corrected chi connectivity index (χ2v) is 7.55. The summed E-state index contributed by atoms with van der Waals surface area (Å²) < 4.78 is 8.58. The van der Waals surface area contributed by atoms with Crippen molar-refractivity contribution in [3.63, 3.8) is 0 Å². The molecule has 0 saturated carbocycles. The Morgan fingerprint density at radius 3 is 2.68 bits per heavy atom. The number of aromatic nitrogens is 6. The summed E-state index contributed by atoms with van der Waals surface area (Å²) in [6, 6.07) is 9.37. The number of hydrogen-bond donors (Lipinski definition) is 1. The predicted molar refractivity (Wildman–Crippen MR) is 107 cm³/mol. The van der Waals surface area contributed by atoms with Crippen molar-refractivity contribution in [2.75, 3.05) is 12.4 Å². The highest BCUT2D eigenvalue weighted by Gasteiger charge is 2.21. The van der Waals surface area contributed by atoms with Gasteiger partial charge in [-0.3, -0.25) is 4.79 Å². The number of benzene rings is 1. The number of hydrogen-bond acceptors (Lipinski definition) is 7. The van der Waals surface area contributed by atoms with Gasteiger partial charge in [0.05, 0.1) is 30.3 Å². The molecule has 0 saturated heterocycles. The van der Waals surface area contributed by atoms with Crippen molar-refractivity contribution in [1.82, 2.24) is 30.0 Å². The summed E-state index contributed by atoms with van der Waals surface area (Å²) in [4.78, 5) is 12.7. The number of amides is 1. The predicted octanol–water partition coefficient (Wildman–Crippen LogP) is 2.96. The second-order valence-electron chi connectivity index (χ2n) is 6.24. The molecule has 0 aliphatic heterocycles. The van der Waals surface area contributed by atoms with Crippen LogP contribution in [0.5, 0.6) is 5.75 Å². The minimum absolute atomic E-state index is 0.140. The van der Waals surface area contributed by atoms with E-state index in [1.807, 2.05) is 35.9 Å². The molecule has 2 atom stereocenters. The van der Waals surface area contributed by atoms with E-state index in [0.29, 0.717) is 11.0 Å². The van der Waals surface area contributed by atoms with E-state index >= 15 is 0 Å². The summed E-state index contributed by atoms with van der Waals surface area (Å²) >= 11 is 1.29. The molecule has 9 nitrogen and oxygen atoms in total. The topological polar surface area (TPSA) is 99.8 Å². The lowest BCUT2D eigenvalue weighted by atomic mass is 10.3. The van der Waals surface area contributed by atoms with Crippen molar-refractivity contribution in [3.8, 4) is 11.4 Å². The van der Waals surface area contributed by atoms with Gasteiger partial charge >= 0.3 is 0 Å². The molecule has 10 heteroatoms. The summed E-state index contributed by atoms with van der Waals surface area (Å²) in [5.41, 5.74) is 0.788. The van der Waals surface area contributed by atoms with Crippen LogP contribution in [-0.4, -0.2) is 48.3 Å². The zero-order valence-corrected chi connectivity index (χ0v) is 17.1. The largest absolute Gasteiger partial charge is 0.497 e. The first-order chi connectivity index (χ1) is 13.5. The SMILES string of the molecule is CC[C@H](C)n1nccc1NC(=O)[C@H](C)Sc1nnnn1-c1ccc(OC)cc1. The maximum atomic E-state index is 12.7. The van der Waals surface area contributed by atoms with Crippen molar-refractivity contribution >= 4 is 23.5 Å². The van der Waals surface area contributed by atoms with Crippen LogP contribution in [0.1, 0.15) is 33.2 Å². The number of rotatable bonds is 8. The molecule has 0 aliphatic rings. The molecule has 0 aliphatic carbocycles. The fourth-order valence-corrected chi connectivity index (χ4v) is 3.32. The Bertz CT molecular complexity index is 922. The number of methoxy groups -OCH3 is 1. The molecule has 2 heterocycles. The summed E-state index contributed by atoms with van der Waals surface area (Å²) in [6.45, 7) is 5.95. The molecule has 3 aromatic rings. The lowest BCUT2D eigenvalue weighted by Gasteiger charge is -2.16. The van der Waals surface area contributed by atoms with E-state index in [2.05, 4.69) is 39.8 Å². The van der Waals surface area contributed by atoms with E-state index < -0.39 is 5.25 Å². The van der Waals surface area contributed by atoms with Gasteiger partial charge in [0.2, 0.25) is 11.1 Å². The summed E-state index contributed by atoms with van der Waals surface area (Å²) in [7, 11) is 1.61. The van der Waals surface area contributed by atoms with Crippen LogP contribution in [0.25, 0.3) is 5.69 Å². The molecule has 0 bridgehead atoms. The number of carbonyl (C=O) groups excluding carboxylic acids is 1. The Balaban J connectivity index is 1.70. The van der Waals surface area contributed by atoms with Gasteiger partial charge in [0.1, 0.15) is 11.6 Å². The first kappa shape index (κ1) is 19.9. The minimum Gasteiger partial charge on any atom is -0.497 e. The first-order valence-corrected chi connectivity index (χ1v) is 9.85. The van der Waals surface area contributed by atoms with E-state index in [9.17, 15) is 4.79 Å². The van der Waals surface area contributed by atoms with Gasteiger partial charge in [-0.15, -0.1) is 5.10 Å². The third kappa shape index (κ3) is 4.33. The van der Waals surface area contributed by atoms with Gasteiger partial charge in [0.15, 0.2) is 0 Å². The van der Waals surface area contributed by atoms with Crippen molar-refractivity contribution < 1.29 is 9.53 Å². The smallest absolute Gasteiger partial charge is 0.238 e. The Morgan fingerprint density at radius 2 is 2.00 bits per heavy atom. The number of tetrazole rings is 1. The number of thioether (sulfide) groups is 1. The Morgan fingerprint density at radius 1 is 1.25 bits per heavy atom. The molecule has 1 amide bonds. The van der Waals surface area contributed by atoms with Crippen LogP contribution in [0.4, 0.5) is 5.82 Å². The monoisotopic (exact) mass is 401 g/mol. The molecule has 28 heavy (non-hydrogen) atoms. The number of carbonyl (C=O) groups is 1. The van der Waals surface area contributed by atoms with Crippen LogP contribution in [0.15, 0.2) is 41.7 Å². The summed E-state index contributed by atoms with van der Waals surface area (Å²) in [5.74, 6) is 1.29. The van der Waals surface area contributed by atoms with Crippen molar-refractivity contribution in [1.29, 1.82) is 0 Å². The fourth-order valence-electron chi connectivity index (χ4n) is 2.51. The van der Waals surface area contributed by atoms with E-state index in [1.54, 1.807) is 24.1 Å². The van der Waals surface area contributed by atoms with Gasteiger partial charge in [-0.2, -0.15) is 9.78 Å². The Labute approximate surface area is 167 Å². The van der Waals surface area contributed by atoms with Gasteiger partial charge in [-0.25, -0.2) is 4.68 Å². The highest BCUT2D eigenvalue weighted by atomic mass is 32.2. The van der Waals surface area contributed by atoms with Crippen molar-refractivity contribution in [2.24, 2.45) is 0 Å². The molecule has 1 aromatic carbocycles. The quantitative estimate of drug-likeness (QED) is 0.579. The molecule has 3 rings (SSSR count). The molecular formula is C18H23N7O2S. The van der Waals surface area contributed by atoms with E-state index in [1.165, 1.54) is 11.8 Å². The van der Waals surface area contributed by atoms with Crippen LogP contribution in [0.3, 0.4) is 0 Å². The Hall–Kier alpha value is -2.88. The number of ether oxygens (including phenoxy) is 1. The van der Waals surface area contributed by atoms with Gasteiger partial charge < -0.3 is 10.1 Å². The molecule has 2 aromatic heterocycles. The van der Waals surface area contributed by atoms with Crippen LogP contribution in [0.2, 0.25) is 0 Å². The zero-order chi connectivity index (χ0) is 20.1. The molecule has 0 radical (unpaired) electrons. The lowest BCUT2D eigenvalue weighted by Crippen LogP contribution is -2.25. The third-order valence-corrected chi connectivity index (χ3v) is 5.37. The lowest BCUT2D eigenvalue weighted by molar-refractivity contribution is -0.115. The Kier molecular flexibility index (Phi) is 6.30. The fraction of sp³-hybridized carbons (Fsp3) is 0.389. The second kappa shape index (κ2) is 8.87. The number of nitrogens with one attached hydrogen (secondary N) is 1. The minimum atomic E-state index is -0.400. The van der Waals surface area contributed by atoms with Crippen LogP contribution < -0.4 is 10.1 Å². The molecule has 0 spiro atoms. The number of anilines is 1. The molecule has 1 N–H and O–H groups in total. The average Bonchev–Trinajstić information content (AvgIpc) is 3.37. The maximum Gasteiger partial charge on any atom is 0.238 e. The van der Waals surface area contributed by atoms with E-state index in [0.717, 1.165) is 17.9 Å². The van der Waals surface area contributed by atoms with Crippen molar-refractivity contribution in [3.05, 3.63) is 36.5 Å². The third-order valence-electron chi connectivity index (χ3n) is 4.34. The van der Waals surface area contributed by atoms with E-state index in [-0.39, 0.29) is 11.9 Å². The highest BCUT2D eigenvalue weighted by molar-refractivity contribution is 8.00.